The highest BCUT2D eigenvalue weighted by molar-refractivity contribution is 4.60. The summed E-state index contributed by atoms with van der Waals surface area (Å²) in [4.78, 5) is 0. The molecule has 0 aromatic carbocycles. The molecule has 0 aliphatic heterocycles. The molecule has 0 unspecified atom stereocenters. The second kappa shape index (κ2) is 9.13. The fourth-order valence-corrected chi connectivity index (χ4v) is 1.72. The summed E-state index contributed by atoms with van der Waals surface area (Å²) in [5.74, 6) is -1.46. The van der Waals surface area contributed by atoms with E-state index in [4.69, 9.17) is 16.6 Å². The largest absolute Gasteiger partial charge is 0.363 e. The lowest BCUT2D eigenvalue weighted by atomic mass is 10.1. The first kappa shape index (κ1) is 14.9. The zero-order chi connectivity index (χ0) is 11.6. The second-order valence-electron chi connectivity index (χ2n) is 4.57. The first-order valence-corrected chi connectivity index (χ1v) is 6.36. The molecule has 0 spiro atoms. The van der Waals surface area contributed by atoms with E-state index in [-0.39, 0.29) is 0 Å². The molecule has 0 radical (unpaired) electrons. The SMILES string of the molecule is CCCCCCCCCCCC(N)(N)O. The van der Waals surface area contributed by atoms with E-state index in [1.54, 1.807) is 0 Å². The van der Waals surface area contributed by atoms with Gasteiger partial charge in [-0.1, -0.05) is 58.3 Å². The quantitative estimate of drug-likeness (QED) is 0.388. The first-order chi connectivity index (χ1) is 7.06. The average Bonchev–Trinajstić information content (AvgIpc) is 2.14. The monoisotopic (exact) mass is 216 g/mol. The van der Waals surface area contributed by atoms with Gasteiger partial charge in [-0.3, -0.25) is 11.5 Å². The number of hydrogen-bond donors (Lipinski definition) is 3. The summed E-state index contributed by atoms with van der Waals surface area (Å²) in [7, 11) is 0. The molecular formula is C12H28N2O. The van der Waals surface area contributed by atoms with Crippen LogP contribution in [0.4, 0.5) is 0 Å². The van der Waals surface area contributed by atoms with Gasteiger partial charge in [-0.25, -0.2) is 0 Å². The van der Waals surface area contributed by atoms with E-state index >= 15 is 0 Å². The molecule has 0 bridgehead atoms. The van der Waals surface area contributed by atoms with Crippen molar-refractivity contribution in [2.75, 3.05) is 0 Å². The Kier molecular flexibility index (Phi) is 9.06. The molecule has 0 rings (SSSR count). The maximum atomic E-state index is 9.07. The van der Waals surface area contributed by atoms with Crippen LogP contribution in [0.3, 0.4) is 0 Å². The van der Waals surface area contributed by atoms with Gasteiger partial charge in [0.15, 0.2) is 5.85 Å². The highest BCUT2D eigenvalue weighted by atomic mass is 16.3. The van der Waals surface area contributed by atoms with E-state index in [2.05, 4.69) is 6.92 Å². The maximum Gasteiger partial charge on any atom is 0.166 e. The van der Waals surface area contributed by atoms with Gasteiger partial charge < -0.3 is 5.11 Å². The van der Waals surface area contributed by atoms with Crippen LogP contribution in [0.2, 0.25) is 0 Å². The Labute approximate surface area is 94.2 Å². The van der Waals surface area contributed by atoms with E-state index in [9.17, 15) is 0 Å². The molecule has 15 heavy (non-hydrogen) atoms. The van der Waals surface area contributed by atoms with Crippen LogP contribution in [-0.2, 0) is 0 Å². The number of hydrogen-bond acceptors (Lipinski definition) is 3. The Hall–Kier alpha value is -0.120. The van der Waals surface area contributed by atoms with Crippen LogP contribution in [0.5, 0.6) is 0 Å². The Bertz CT molecular complexity index is 132. The molecule has 92 valence electrons. The minimum atomic E-state index is -1.46. The minimum absolute atomic E-state index is 0.503. The summed E-state index contributed by atoms with van der Waals surface area (Å²) in [5.41, 5.74) is 10.5. The fraction of sp³-hybridized carbons (Fsp3) is 1.00. The van der Waals surface area contributed by atoms with Crippen molar-refractivity contribution in [2.45, 2.75) is 77.0 Å². The molecule has 0 atom stereocenters. The molecular weight excluding hydrogens is 188 g/mol. The summed E-state index contributed by atoms with van der Waals surface area (Å²) in [6.45, 7) is 2.24. The zero-order valence-corrected chi connectivity index (χ0v) is 10.2. The minimum Gasteiger partial charge on any atom is -0.363 e. The van der Waals surface area contributed by atoms with Crippen molar-refractivity contribution in [3.8, 4) is 0 Å². The van der Waals surface area contributed by atoms with Crippen LogP contribution in [0.15, 0.2) is 0 Å². The second-order valence-corrected chi connectivity index (χ2v) is 4.57. The van der Waals surface area contributed by atoms with Gasteiger partial charge in [-0.2, -0.15) is 0 Å². The van der Waals surface area contributed by atoms with Crippen molar-refractivity contribution in [3.63, 3.8) is 0 Å². The van der Waals surface area contributed by atoms with Crippen LogP contribution >= 0.6 is 0 Å². The number of rotatable bonds is 10. The van der Waals surface area contributed by atoms with Crippen LogP contribution in [0.25, 0.3) is 0 Å². The van der Waals surface area contributed by atoms with Gasteiger partial charge in [0.25, 0.3) is 0 Å². The summed E-state index contributed by atoms with van der Waals surface area (Å²) in [6, 6.07) is 0. The first-order valence-electron chi connectivity index (χ1n) is 6.36. The van der Waals surface area contributed by atoms with Crippen molar-refractivity contribution < 1.29 is 5.11 Å². The lowest BCUT2D eigenvalue weighted by Crippen LogP contribution is -2.48. The van der Waals surface area contributed by atoms with E-state index in [1.807, 2.05) is 0 Å². The number of unbranched alkanes of at least 4 members (excludes halogenated alkanes) is 8. The molecule has 0 fully saturated rings. The van der Waals surface area contributed by atoms with Gasteiger partial charge in [-0.05, 0) is 6.42 Å². The molecule has 0 saturated heterocycles. The lowest BCUT2D eigenvalue weighted by molar-refractivity contribution is 0.0421. The highest BCUT2D eigenvalue weighted by Gasteiger charge is 2.11. The third-order valence-electron chi connectivity index (χ3n) is 2.68. The highest BCUT2D eigenvalue weighted by Crippen LogP contribution is 2.11. The summed E-state index contributed by atoms with van der Waals surface area (Å²) >= 11 is 0. The average molecular weight is 216 g/mol. The van der Waals surface area contributed by atoms with Gasteiger partial charge in [-0.15, -0.1) is 0 Å². The summed E-state index contributed by atoms with van der Waals surface area (Å²) in [6.07, 6.45) is 11.9. The zero-order valence-electron chi connectivity index (χ0n) is 10.2. The van der Waals surface area contributed by atoms with Crippen molar-refractivity contribution in [1.29, 1.82) is 0 Å². The molecule has 0 aromatic heterocycles. The van der Waals surface area contributed by atoms with Gasteiger partial charge >= 0.3 is 0 Å². The predicted octanol–water partition coefficient (Wildman–Crippen LogP) is 2.47. The standard InChI is InChI=1S/C12H28N2O/c1-2-3-4-5-6-7-8-9-10-11-12(13,14)15/h15H,2-11,13-14H2,1H3. The van der Waals surface area contributed by atoms with Crippen molar-refractivity contribution in [3.05, 3.63) is 0 Å². The van der Waals surface area contributed by atoms with Gasteiger partial charge in [0, 0.05) is 6.42 Å². The predicted molar refractivity (Wildman–Crippen MR) is 65.2 cm³/mol. The number of nitrogens with two attached hydrogens (primary N) is 2. The van der Waals surface area contributed by atoms with Crippen molar-refractivity contribution in [2.24, 2.45) is 11.5 Å². The molecule has 3 nitrogen and oxygen atoms in total. The molecule has 5 N–H and O–H groups in total. The van der Waals surface area contributed by atoms with Crippen molar-refractivity contribution >= 4 is 0 Å². The van der Waals surface area contributed by atoms with E-state index in [1.165, 1.54) is 44.9 Å². The van der Waals surface area contributed by atoms with Gasteiger partial charge in [0.2, 0.25) is 0 Å². The van der Waals surface area contributed by atoms with Crippen molar-refractivity contribution in [1.82, 2.24) is 0 Å². The topological polar surface area (TPSA) is 72.3 Å². The summed E-state index contributed by atoms with van der Waals surface area (Å²) < 4.78 is 0. The van der Waals surface area contributed by atoms with E-state index < -0.39 is 5.85 Å². The maximum absolute atomic E-state index is 9.07. The third kappa shape index (κ3) is 13.9. The molecule has 0 aromatic rings. The van der Waals surface area contributed by atoms with E-state index in [0.717, 1.165) is 12.8 Å². The Morgan fingerprint density at radius 3 is 1.60 bits per heavy atom. The smallest absolute Gasteiger partial charge is 0.166 e. The molecule has 0 amide bonds. The van der Waals surface area contributed by atoms with Gasteiger partial charge in [0.05, 0.1) is 0 Å². The molecule has 3 heteroatoms. The normalized spacial score (nSPS) is 12.0. The van der Waals surface area contributed by atoms with Crippen LogP contribution in [0.1, 0.15) is 71.1 Å². The van der Waals surface area contributed by atoms with Crippen LogP contribution in [0, 0.1) is 0 Å². The van der Waals surface area contributed by atoms with Gasteiger partial charge in [0.1, 0.15) is 0 Å². The Balaban J connectivity index is 2.99. The number of aliphatic hydroxyl groups is 1. The molecule has 0 saturated carbocycles. The lowest BCUT2D eigenvalue weighted by Gasteiger charge is -2.16. The van der Waals surface area contributed by atoms with Crippen LogP contribution < -0.4 is 11.5 Å². The molecule has 0 heterocycles. The fourth-order valence-electron chi connectivity index (χ4n) is 1.72. The van der Waals surface area contributed by atoms with Crippen LogP contribution in [-0.4, -0.2) is 11.0 Å². The van der Waals surface area contributed by atoms with E-state index in [0.29, 0.717) is 6.42 Å². The summed E-state index contributed by atoms with van der Waals surface area (Å²) in [5, 5.41) is 9.07. The Morgan fingerprint density at radius 2 is 1.20 bits per heavy atom. The Morgan fingerprint density at radius 1 is 0.800 bits per heavy atom. The molecule has 0 aliphatic carbocycles. The third-order valence-corrected chi connectivity index (χ3v) is 2.68. The molecule has 0 aliphatic rings.